The summed E-state index contributed by atoms with van der Waals surface area (Å²) < 4.78 is 54.1. The number of carbonyl (C=O) groups excluding carboxylic acids is 1. The van der Waals surface area contributed by atoms with E-state index in [4.69, 9.17) is 9.88 Å². The summed E-state index contributed by atoms with van der Waals surface area (Å²) in [7, 11) is -7.15. The maximum absolute atomic E-state index is 13.0. The highest BCUT2D eigenvalue weighted by molar-refractivity contribution is 7.91. The number of nitrogens with one attached hydrogen (secondary N) is 1. The normalized spacial score (nSPS) is 16.1. The number of Topliss-reactive ketones (excluding diaryl/α,β-unsaturated/α-hetero) is 1. The smallest absolute Gasteiger partial charge is 0.241 e. The van der Waals surface area contributed by atoms with Gasteiger partial charge in [-0.05, 0) is 43.7 Å². The topological polar surface area (TPSA) is 136 Å². The fourth-order valence-electron chi connectivity index (χ4n) is 3.80. The molecule has 35 heavy (non-hydrogen) atoms. The van der Waals surface area contributed by atoms with Crippen molar-refractivity contribution in [2.75, 3.05) is 43.0 Å². The van der Waals surface area contributed by atoms with E-state index in [1.165, 1.54) is 6.07 Å². The lowest BCUT2D eigenvalue weighted by Crippen LogP contribution is -2.40. The third kappa shape index (κ3) is 8.03. The van der Waals surface area contributed by atoms with Crippen molar-refractivity contribution in [3.8, 4) is 11.5 Å². The molecular weight excluding hydrogens is 490 g/mol. The Labute approximate surface area is 207 Å². The number of primary sulfonamides is 1. The van der Waals surface area contributed by atoms with Gasteiger partial charge < -0.3 is 15.0 Å². The molecule has 3 N–H and O–H groups in total. The number of sulfone groups is 1. The standard InChI is InChI=1S/C24H33N3O6S2/c1-2-3-11-26-21-17-19(22(28)10-7-12-27-13-15-34(29,30)16-14-27)18-23(35(25,31)32)24(21)33-20-8-5-4-6-9-20/h4-6,8-9,17-18,26H,2-3,7,10-16H2,1H3,(H2,25,31,32). The highest BCUT2D eigenvalue weighted by Crippen LogP contribution is 2.37. The second-order valence-corrected chi connectivity index (χ2v) is 12.4. The van der Waals surface area contributed by atoms with Crippen LogP contribution in [0.4, 0.5) is 5.69 Å². The summed E-state index contributed by atoms with van der Waals surface area (Å²) in [5.41, 5.74) is 0.619. The van der Waals surface area contributed by atoms with Crippen LogP contribution in [0.1, 0.15) is 43.0 Å². The van der Waals surface area contributed by atoms with Crippen molar-refractivity contribution < 1.29 is 26.4 Å². The highest BCUT2D eigenvalue weighted by Gasteiger charge is 2.24. The maximum Gasteiger partial charge on any atom is 0.241 e. The van der Waals surface area contributed by atoms with E-state index in [0.717, 1.165) is 12.8 Å². The molecule has 9 nitrogen and oxygen atoms in total. The van der Waals surface area contributed by atoms with Crippen LogP contribution in [0.3, 0.4) is 0 Å². The minimum Gasteiger partial charge on any atom is -0.454 e. The Hall–Kier alpha value is -2.47. The van der Waals surface area contributed by atoms with Crippen LogP contribution in [0.5, 0.6) is 11.5 Å². The zero-order valence-electron chi connectivity index (χ0n) is 19.9. The van der Waals surface area contributed by atoms with E-state index in [2.05, 4.69) is 5.32 Å². The molecule has 2 aromatic carbocycles. The molecule has 1 aliphatic heterocycles. The molecule has 0 aromatic heterocycles. The molecule has 1 saturated heterocycles. The van der Waals surface area contributed by atoms with Crippen LogP contribution in [0.15, 0.2) is 47.4 Å². The minimum atomic E-state index is -4.19. The second-order valence-electron chi connectivity index (χ2n) is 8.61. The zero-order valence-corrected chi connectivity index (χ0v) is 21.5. The lowest BCUT2D eigenvalue weighted by molar-refractivity contribution is 0.0975. The number of para-hydroxylation sites is 1. The van der Waals surface area contributed by atoms with E-state index in [1.807, 2.05) is 17.9 Å². The Morgan fingerprint density at radius 3 is 2.43 bits per heavy atom. The first-order valence-electron chi connectivity index (χ1n) is 11.7. The Bertz CT molecular complexity index is 1220. The molecule has 0 amide bonds. The lowest BCUT2D eigenvalue weighted by atomic mass is 10.0. The van der Waals surface area contributed by atoms with Crippen LogP contribution >= 0.6 is 0 Å². The van der Waals surface area contributed by atoms with Crippen molar-refractivity contribution in [3.05, 3.63) is 48.0 Å². The van der Waals surface area contributed by atoms with E-state index in [-0.39, 0.29) is 39.9 Å². The van der Waals surface area contributed by atoms with E-state index in [0.29, 0.717) is 44.0 Å². The number of rotatable bonds is 12. The van der Waals surface area contributed by atoms with Crippen LogP contribution in [0.25, 0.3) is 0 Å². The van der Waals surface area contributed by atoms with Gasteiger partial charge >= 0.3 is 0 Å². The van der Waals surface area contributed by atoms with Crippen LogP contribution in [0.2, 0.25) is 0 Å². The number of ketones is 1. The van der Waals surface area contributed by atoms with Crippen molar-refractivity contribution in [2.24, 2.45) is 5.14 Å². The summed E-state index contributed by atoms with van der Waals surface area (Å²) in [5, 5.41) is 8.72. The number of sulfonamides is 1. The van der Waals surface area contributed by atoms with E-state index >= 15 is 0 Å². The quantitative estimate of drug-likeness (QED) is 0.320. The minimum absolute atomic E-state index is 0.0564. The molecule has 0 unspecified atom stereocenters. The summed E-state index contributed by atoms with van der Waals surface area (Å²) in [5.74, 6) is 0.548. The van der Waals surface area contributed by atoms with Gasteiger partial charge in [0, 0.05) is 31.6 Å². The lowest BCUT2D eigenvalue weighted by Gasteiger charge is -2.26. The fraction of sp³-hybridized carbons (Fsp3) is 0.458. The third-order valence-electron chi connectivity index (χ3n) is 5.81. The number of nitrogens with two attached hydrogens (primary N) is 1. The molecule has 192 valence electrons. The summed E-state index contributed by atoms with van der Waals surface area (Å²) in [6.07, 6.45) is 2.50. The van der Waals surface area contributed by atoms with Gasteiger partial charge in [0.1, 0.15) is 10.6 Å². The number of ether oxygens (including phenoxy) is 1. The van der Waals surface area contributed by atoms with Crippen LogP contribution in [0, 0.1) is 0 Å². The van der Waals surface area contributed by atoms with Crippen LogP contribution in [-0.4, -0.2) is 65.2 Å². The molecule has 2 aromatic rings. The number of hydrogen-bond acceptors (Lipinski definition) is 8. The first kappa shape index (κ1) is 27.1. The Balaban J connectivity index is 1.82. The Morgan fingerprint density at radius 1 is 1.11 bits per heavy atom. The molecule has 11 heteroatoms. The first-order chi connectivity index (χ1) is 16.6. The van der Waals surface area contributed by atoms with Crippen molar-refractivity contribution >= 4 is 31.3 Å². The van der Waals surface area contributed by atoms with Crippen LogP contribution < -0.4 is 15.2 Å². The summed E-state index contributed by atoms with van der Waals surface area (Å²) in [6.45, 7) is 4.13. The molecule has 0 radical (unpaired) electrons. The molecule has 0 atom stereocenters. The SMILES string of the molecule is CCCCNc1cc(C(=O)CCCN2CCS(=O)(=O)CC2)cc(S(N)(=O)=O)c1Oc1ccccc1. The third-order valence-corrected chi connectivity index (χ3v) is 8.33. The van der Waals surface area contributed by atoms with Crippen molar-refractivity contribution in [1.29, 1.82) is 0 Å². The Morgan fingerprint density at radius 2 is 1.80 bits per heavy atom. The number of nitrogens with zero attached hydrogens (tertiary/aromatic N) is 1. The van der Waals surface area contributed by atoms with Gasteiger partial charge in [-0.1, -0.05) is 31.5 Å². The maximum atomic E-state index is 13.0. The first-order valence-corrected chi connectivity index (χ1v) is 15.1. The molecular formula is C24H33N3O6S2. The average molecular weight is 524 g/mol. The molecule has 1 heterocycles. The summed E-state index contributed by atoms with van der Waals surface area (Å²) in [6, 6.07) is 11.6. The van der Waals surface area contributed by atoms with Gasteiger partial charge in [0.05, 0.1) is 17.2 Å². The largest absolute Gasteiger partial charge is 0.454 e. The van der Waals surface area contributed by atoms with Gasteiger partial charge in [0.25, 0.3) is 0 Å². The van der Waals surface area contributed by atoms with Crippen molar-refractivity contribution in [3.63, 3.8) is 0 Å². The summed E-state index contributed by atoms with van der Waals surface area (Å²) >= 11 is 0. The van der Waals surface area contributed by atoms with Gasteiger partial charge in [-0.15, -0.1) is 0 Å². The number of unbranched alkanes of at least 4 members (excludes halogenated alkanes) is 1. The van der Waals surface area contributed by atoms with Gasteiger partial charge in [0.15, 0.2) is 21.4 Å². The number of carbonyl (C=O) groups is 1. The van der Waals surface area contributed by atoms with Gasteiger partial charge in [0.2, 0.25) is 10.0 Å². The van der Waals surface area contributed by atoms with E-state index in [9.17, 15) is 21.6 Å². The number of benzene rings is 2. The molecule has 0 spiro atoms. The second kappa shape index (κ2) is 12.0. The fourth-order valence-corrected chi connectivity index (χ4v) is 5.78. The zero-order chi connectivity index (χ0) is 25.5. The van der Waals surface area contributed by atoms with Gasteiger partial charge in [-0.2, -0.15) is 0 Å². The van der Waals surface area contributed by atoms with Crippen molar-refractivity contribution in [1.82, 2.24) is 4.90 Å². The molecule has 3 rings (SSSR count). The Kier molecular flexibility index (Phi) is 9.28. The van der Waals surface area contributed by atoms with Gasteiger partial charge in [-0.3, -0.25) is 4.79 Å². The van der Waals surface area contributed by atoms with E-state index < -0.39 is 19.9 Å². The number of anilines is 1. The molecule has 1 aliphatic rings. The average Bonchev–Trinajstić information content (AvgIpc) is 2.81. The molecule has 1 fully saturated rings. The van der Waals surface area contributed by atoms with Crippen LogP contribution in [-0.2, 0) is 19.9 Å². The van der Waals surface area contributed by atoms with E-state index in [1.54, 1.807) is 30.3 Å². The summed E-state index contributed by atoms with van der Waals surface area (Å²) in [4.78, 5) is 14.8. The van der Waals surface area contributed by atoms with Gasteiger partial charge in [-0.25, -0.2) is 22.0 Å². The molecule has 0 bridgehead atoms. The highest BCUT2D eigenvalue weighted by atomic mass is 32.2. The predicted molar refractivity (Wildman–Crippen MR) is 136 cm³/mol. The molecule has 0 saturated carbocycles. The molecule has 0 aliphatic carbocycles. The number of hydrogen-bond donors (Lipinski definition) is 2. The van der Waals surface area contributed by atoms with Crippen molar-refractivity contribution in [2.45, 2.75) is 37.5 Å². The monoisotopic (exact) mass is 523 g/mol. The predicted octanol–water partition coefficient (Wildman–Crippen LogP) is 3.03.